The monoisotopic (exact) mass is 316 g/mol. The highest BCUT2D eigenvalue weighted by atomic mass is 32.1. The van der Waals surface area contributed by atoms with E-state index < -0.39 is 0 Å². The van der Waals surface area contributed by atoms with Gasteiger partial charge in [-0.25, -0.2) is 0 Å². The third-order valence-electron chi connectivity index (χ3n) is 6.18. The first-order chi connectivity index (χ1) is 10.4. The van der Waals surface area contributed by atoms with Gasteiger partial charge >= 0.3 is 0 Å². The van der Waals surface area contributed by atoms with E-state index in [0.717, 1.165) is 18.5 Å². The molecule has 3 atom stereocenters. The van der Waals surface area contributed by atoms with E-state index in [-0.39, 0.29) is 16.7 Å². The lowest BCUT2D eigenvalue weighted by Gasteiger charge is -2.32. The maximum absolute atomic E-state index is 12.8. The molecule has 2 aliphatic carbocycles. The van der Waals surface area contributed by atoms with E-state index in [2.05, 4.69) is 31.4 Å². The lowest BCUT2D eigenvalue weighted by atomic mass is 9.70. The second-order valence-corrected chi connectivity index (χ2v) is 7.78. The lowest BCUT2D eigenvalue weighted by molar-refractivity contribution is -0.131. The minimum absolute atomic E-state index is 0.0873. The summed E-state index contributed by atoms with van der Waals surface area (Å²) in [6, 6.07) is 9.85. The van der Waals surface area contributed by atoms with Crippen LogP contribution >= 0.6 is 12.2 Å². The van der Waals surface area contributed by atoms with Crippen LogP contribution in [-0.2, 0) is 4.79 Å². The Morgan fingerprint density at radius 3 is 2.55 bits per heavy atom. The van der Waals surface area contributed by atoms with Crippen LogP contribution in [0.5, 0.6) is 0 Å². The number of thiocarbonyl (C=S) groups is 1. The Hall–Kier alpha value is -1.42. The first-order valence-electron chi connectivity index (χ1n) is 8.00. The van der Waals surface area contributed by atoms with Crippen LogP contribution in [0.4, 0.5) is 5.69 Å². The number of ketones is 1. The molecular formula is C18H24N2OS. The zero-order valence-corrected chi connectivity index (χ0v) is 14.3. The molecule has 2 bridgehead atoms. The van der Waals surface area contributed by atoms with Crippen LogP contribution in [0.2, 0.25) is 0 Å². The van der Waals surface area contributed by atoms with Gasteiger partial charge in [-0.1, -0.05) is 39.0 Å². The molecule has 4 heteroatoms. The number of fused-ring (bicyclic) bond motifs is 2. The van der Waals surface area contributed by atoms with Crippen molar-refractivity contribution in [1.29, 1.82) is 0 Å². The Morgan fingerprint density at radius 2 is 1.95 bits per heavy atom. The number of nitrogens with one attached hydrogen (secondary N) is 2. The molecule has 0 aliphatic heterocycles. The minimum Gasteiger partial charge on any atom is -0.362 e. The zero-order valence-electron chi connectivity index (χ0n) is 13.5. The van der Waals surface area contributed by atoms with E-state index in [9.17, 15) is 4.79 Å². The molecule has 3 nitrogen and oxygen atoms in total. The van der Waals surface area contributed by atoms with Gasteiger partial charge in [0, 0.05) is 23.6 Å². The number of benzene rings is 1. The highest BCUT2D eigenvalue weighted by molar-refractivity contribution is 7.80. The minimum atomic E-state index is -0.154. The van der Waals surface area contributed by atoms with Gasteiger partial charge in [0.2, 0.25) is 0 Å². The summed E-state index contributed by atoms with van der Waals surface area (Å²) in [5.41, 5.74) is 0.912. The number of carbonyl (C=O) groups excluding carboxylic acids is 1. The molecule has 0 saturated heterocycles. The van der Waals surface area contributed by atoms with Crippen LogP contribution in [0.1, 0.15) is 33.6 Å². The van der Waals surface area contributed by atoms with Gasteiger partial charge in [-0.3, -0.25) is 4.79 Å². The van der Waals surface area contributed by atoms with Gasteiger partial charge < -0.3 is 10.6 Å². The van der Waals surface area contributed by atoms with Crippen LogP contribution in [0.3, 0.4) is 0 Å². The van der Waals surface area contributed by atoms with Crippen molar-refractivity contribution in [2.24, 2.45) is 22.7 Å². The maximum atomic E-state index is 12.8. The average Bonchev–Trinajstić information content (AvgIpc) is 2.79. The van der Waals surface area contributed by atoms with Crippen LogP contribution in [-0.4, -0.2) is 17.4 Å². The predicted octanol–water partition coefficient (Wildman–Crippen LogP) is 3.61. The van der Waals surface area contributed by atoms with E-state index >= 15 is 0 Å². The number of hydrogen-bond donors (Lipinski definition) is 2. The molecule has 0 spiro atoms. The summed E-state index contributed by atoms with van der Waals surface area (Å²) in [4.78, 5) is 12.8. The summed E-state index contributed by atoms with van der Waals surface area (Å²) in [7, 11) is 0. The highest BCUT2D eigenvalue weighted by Gasteiger charge is 2.65. The van der Waals surface area contributed by atoms with Crippen molar-refractivity contribution in [1.82, 2.24) is 5.32 Å². The summed E-state index contributed by atoms with van der Waals surface area (Å²) in [6.07, 6.45) is 2.19. The molecule has 118 valence electrons. The molecule has 2 aliphatic rings. The molecule has 1 aromatic rings. The normalized spacial score (nSPS) is 32.0. The summed E-state index contributed by atoms with van der Waals surface area (Å²) in [6.45, 7) is 7.29. The Bertz CT molecular complexity index is 598. The fourth-order valence-corrected chi connectivity index (χ4v) is 4.61. The molecule has 1 aromatic carbocycles. The van der Waals surface area contributed by atoms with Crippen molar-refractivity contribution in [2.75, 3.05) is 11.9 Å². The summed E-state index contributed by atoms with van der Waals surface area (Å²) in [5.74, 6) is 0.977. The topological polar surface area (TPSA) is 41.1 Å². The molecule has 0 unspecified atom stereocenters. The van der Waals surface area contributed by atoms with Gasteiger partial charge in [0.15, 0.2) is 5.11 Å². The van der Waals surface area contributed by atoms with Gasteiger partial charge in [-0.2, -0.15) is 0 Å². The largest absolute Gasteiger partial charge is 0.362 e. The van der Waals surface area contributed by atoms with Crippen molar-refractivity contribution in [3.8, 4) is 0 Å². The number of rotatable bonds is 3. The first-order valence-corrected chi connectivity index (χ1v) is 8.41. The molecule has 3 rings (SSSR count). The van der Waals surface area contributed by atoms with E-state index in [4.69, 9.17) is 12.2 Å². The van der Waals surface area contributed by atoms with Gasteiger partial charge in [0.1, 0.15) is 5.78 Å². The van der Waals surface area contributed by atoms with Crippen molar-refractivity contribution < 1.29 is 4.79 Å². The standard InChI is InChI=1S/C18H24N2OS/c1-17(2)14-9-10-18(17,3)15(21)13(14)11-19-16(22)20-12-7-5-4-6-8-12/h4-8,13-14H,9-11H2,1-3H3,(H2,19,20,22)/t13-,14+,18-/m1/s1. The quantitative estimate of drug-likeness (QED) is 0.836. The van der Waals surface area contributed by atoms with E-state index in [0.29, 0.717) is 23.4 Å². The third-order valence-corrected chi connectivity index (χ3v) is 6.43. The SMILES string of the molecule is CC1(C)[C@H]2CC[C@]1(C)C(=O)[C@@H]2CNC(=S)Nc1ccccc1. The molecule has 0 amide bonds. The van der Waals surface area contributed by atoms with Gasteiger partial charge in [-0.05, 0) is 48.5 Å². The summed E-state index contributed by atoms with van der Waals surface area (Å²) < 4.78 is 0. The summed E-state index contributed by atoms with van der Waals surface area (Å²) in [5, 5.41) is 6.99. The molecule has 22 heavy (non-hydrogen) atoms. The predicted molar refractivity (Wildman–Crippen MR) is 93.8 cm³/mol. The fraction of sp³-hybridized carbons (Fsp3) is 0.556. The second kappa shape index (κ2) is 5.34. The number of anilines is 1. The van der Waals surface area contributed by atoms with Crippen molar-refractivity contribution in [3.63, 3.8) is 0 Å². The number of carbonyl (C=O) groups is 1. The van der Waals surface area contributed by atoms with Gasteiger partial charge in [0.05, 0.1) is 0 Å². The lowest BCUT2D eigenvalue weighted by Crippen LogP contribution is -2.39. The van der Waals surface area contributed by atoms with Crippen LogP contribution in [0.25, 0.3) is 0 Å². The Labute approximate surface area is 137 Å². The van der Waals surface area contributed by atoms with Crippen molar-refractivity contribution >= 4 is 28.8 Å². The molecule has 2 fully saturated rings. The van der Waals surface area contributed by atoms with Gasteiger partial charge in [-0.15, -0.1) is 0 Å². The Kier molecular flexibility index (Phi) is 3.76. The maximum Gasteiger partial charge on any atom is 0.170 e. The number of Topliss-reactive ketones (excluding diaryl/α,β-unsaturated/α-hetero) is 1. The zero-order chi connectivity index (χ0) is 16.0. The van der Waals surface area contributed by atoms with Gasteiger partial charge in [0.25, 0.3) is 0 Å². The number of para-hydroxylation sites is 1. The van der Waals surface area contributed by atoms with E-state index in [1.807, 2.05) is 30.3 Å². The van der Waals surface area contributed by atoms with Crippen LogP contribution < -0.4 is 10.6 Å². The first kappa shape index (κ1) is 15.5. The molecule has 2 N–H and O–H groups in total. The van der Waals surface area contributed by atoms with E-state index in [1.165, 1.54) is 0 Å². The fourth-order valence-electron chi connectivity index (χ4n) is 4.41. The second-order valence-electron chi connectivity index (χ2n) is 7.37. The molecular weight excluding hydrogens is 292 g/mol. The Morgan fingerprint density at radius 1 is 1.27 bits per heavy atom. The third kappa shape index (κ3) is 2.24. The molecule has 0 aromatic heterocycles. The van der Waals surface area contributed by atoms with Crippen LogP contribution in [0.15, 0.2) is 30.3 Å². The molecule has 0 radical (unpaired) electrons. The molecule has 0 heterocycles. The Balaban J connectivity index is 1.61. The van der Waals surface area contributed by atoms with Crippen molar-refractivity contribution in [3.05, 3.63) is 30.3 Å². The van der Waals surface area contributed by atoms with Crippen LogP contribution in [0, 0.1) is 22.7 Å². The molecule has 2 saturated carbocycles. The average molecular weight is 316 g/mol. The summed E-state index contributed by atoms with van der Waals surface area (Å²) >= 11 is 5.35. The highest BCUT2D eigenvalue weighted by Crippen LogP contribution is 2.65. The smallest absolute Gasteiger partial charge is 0.170 e. The van der Waals surface area contributed by atoms with E-state index in [1.54, 1.807) is 0 Å². The number of hydrogen-bond acceptors (Lipinski definition) is 2. The van der Waals surface area contributed by atoms with Crippen molar-refractivity contribution in [2.45, 2.75) is 33.6 Å².